The molecule has 0 radical (unpaired) electrons. The number of thiazole rings is 1. The third-order valence-electron chi connectivity index (χ3n) is 7.55. The van der Waals surface area contributed by atoms with E-state index in [9.17, 15) is 19.7 Å². The molecule has 0 amide bonds. The minimum atomic E-state index is -0.721. The van der Waals surface area contributed by atoms with Gasteiger partial charge in [0.2, 0.25) is 0 Å². The van der Waals surface area contributed by atoms with Crippen molar-refractivity contribution in [2.24, 2.45) is 4.99 Å². The number of aromatic nitrogens is 2. The van der Waals surface area contributed by atoms with E-state index < -0.39 is 16.9 Å². The molecular formula is C33H28N4O6S. The van der Waals surface area contributed by atoms with Gasteiger partial charge in [0.05, 0.1) is 40.5 Å². The number of rotatable bonds is 8. The van der Waals surface area contributed by atoms with Crippen molar-refractivity contribution in [3.63, 3.8) is 0 Å². The van der Waals surface area contributed by atoms with E-state index in [1.165, 1.54) is 23.5 Å². The highest BCUT2D eigenvalue weighted by molar-refractivity contribution is 7.07. The smallest absolute Gasteiger partial charge is 0.338 e. The van der Waals surface area contributed by atoms with Crippen molar-refractivity contribution < 1.29 is 19.2 Å². The Bertz CT molecular complexity index is 2120. The van der Waals surface area contributed by atoms with Crippen LogP contribution in [0.5, 0.6) is 5.75 Å². The van der Waals surface area contributed by atoms with Crippen LogP contribution in [0.15, 0.2) is 100 Å². The Labute approximate surface area is 255 Å². The molecule has 11 heteroatoms. The summed E-state index contributed by atoms with van der Waals surface area (Å²) < 4.78 is 14.8. The first-order valence-corrected chi connectivity index (χ1v) is 14.8. The van der Waals surface area contributed by atoms with E-state index in [0.29, 0.717) is 32.9 Å². The predicted octanol–water partition coefficient (Wildman–Crippen LogP) is 4.72. The van der Waals surface area contributed by atoms with Crippen molar-refractivity contribution in [3.8, 4) is 5.75 Å². The molecular weight excluding hydrogens is 580 g/mol. The summed E-state index contributed by atoms with van der Waals surface area (Å²) in [5.74, 6) is 0.142. The maximum atomic E-state index is 14.1. The monoisotopic (exact) mass is 608 g/mol. The van der Waals surface area contributed by atoms with Gasteiger partial charge in [0, 0.05) is 41.3 Å². The van der Waals surface area contributed by atoms with Crippen LogP contribution in [0.1, 0.15) is 36.6 Å². The number of nitro groups is 1. The zero-order valence-electron chi connectivity index (χ0n) is 24.2. The number of allylic oxidation sites excluding steroid dienone is 1. The maximum absolute atomic E-state index is 14.1. The molecule has 0 unspecified atom stereocenters. The first-order chi connectivity index (χ1) is 21.3. The van der Waals surface area contributed by atoms with Gasteiger partial charge in [-0.3, -0.25) is 19.5 Å². The first-order valence-electron chi connectivity index (χ1n) is 13.9. The Morgan fingerprint density at radius 3 is 2.50 bits per heavy atom. The first kappa shape index (κ1) is 28.8. The predicted molar refractivity (Wildman–Crippen MR) is 168 cm³/mol. The van der Waals surface area contributed by atoms with Gasteiger partial charge in [-0.2, -0.15) is 0 Å². The Morgan fingerprint density at radius 1 is 1.09 bits per heavy atom. The largest absolute Gasteiger partial charge is 0.497 e. The molecule has 0 spiro atoms. The van der Waals surface area contributed by atoms with E-state index in [-0.39, 0.29) is 17.9 Å². The Hall–Kier alpha value is -5.29. The minimum absolute atomic E-state index is 0.0384. The van der Waals surface area contributed by atoms with Crippen molar-refractivity contribution in [2.45, 2.75) is 26.4 Å². The number of esters is 1. The summed E-state index contributed by atoms with van der Waals surface area (Å²) in [7, 11) is 1.58. The number of carbonyl (C=O) groups excluding carboxylic acids is 1. The van der Waals surface area contributed by atoms with Gasteiger partial charge in [-0.1, -0.05) is 53.8 Å². The summed E-state index contributed by atoms with van der Waals surface area (Å²) in [6, 6.07) is 20.9. The van der Waals surface area contributed by atoms with E-state index in [2.05, 4.69) is 9.56 Å². The molecule has 1 aliphatic heterocycles. The van der Waals surface area contributed by atoms with Gasteiger partial charge in [0.25, 0.3) is 11.2 Å². The molecule has 0 saturated carbocycles. The lowest BCUT2D eigenvalue weighted by Gasteiger charge is -2.24. The molecule has 1 atom stereocenters. The molecule has 0 fully saturated rings. The Balaban J connectivity index is 1.47. The van der Waals surface area contributed by atoms with Gasteiger partial charge in [0.15, 0.2) is 4.80 Å². The standard InChI is InChI=1S/C33H28N4O6S/c1-4-43-32(39)29-20(2)34-33-36(30(29)22-11-15-25(42-3)16-12-22)31(38)28(44-33)17-23-19-35(27-8-6-5-7-26(23)27)18-21-9-13-24(14-10-21)37(40)41/h5-17,19,30H,4,18H2,1-3H3/b28-17+/t30-/m0/s1. The molecule has 10 nitrogen and oxygen atoms in total. The van der Waals surface area contributed by atoms with Crippen LogP contribution in [0.4, 0.5) is 5.69 Å². The van der Waals surface area contributed by atoms with Crippen LogP contribution in [-0.2, 0) is 16.1 Å². The molecule has 44 heavy (non-hydrogen) atoms. The summed E-state index contributed by atoms with van der Waals surface area (Å²) in [5, 5.41) is 12.0. The van der Waals surface area contributed by atoms with Crippen LogP contribution >= 0.6 is 11.3 Å². The fraction of sp³-hybridized carbons (Fsp3) is 0.182. The summed E-state index contributed by atoms with van der Waals surface area (Å²) in [6.07, 6.45) is 3.83. The second-order valence-electron chi connectivity index (χ2n) is 10.2. The second-order valence-corrected chi connectivity index (χ2v) is 11.2. The van der Waals surface area contributed by atoms with Gasteiger partial charge >= 0.3 is 5.97 Å². The third-order valence-corrected chi connectivity index (χ3v) is 8.54. The van der Waals surface area contributed by atoms with Crippen molar-refractivity contribution in [1.29, 1.82) is 0 Å². The Morgan fingerprint density at radius 2 is 1.82 bits per heavy atom. The van der Waals surface area contributed by atoms with Gasteiger partial charge < -0.3 is 14.0 Å². The highest BCUT2D eigenvalue weighted by Gasteiger charge is 2.33. The van der Waals surface area contributed by atoms with Crippen molar-refractivity contribution in [1.82, 2.24) is 9.13 Å². The fourth-order valence-electron chi connectivity index (χ4n) is 5.48. The number of fused-ring (bicyclic) bond motifs is 2. The zero-order valence-corrected chi connectivity index (χ0v) is 25.0. The van der Waals surface area contributed by atoms with Crippen LogP contribution in [-0.4, -0.2) is 33.7 Å². The van der Waals surface area contributed by atoms with Crippen LogP contribution in [0.2, 0.25) is 0 Å². The highest BCUT2D eigenvalue weighted by Crippen LogP contribution is 2.32. The van der Waals surface area contributed by atoms with Crippen molar-refractivity contribution in [2.75, 3.05) is 13.7 Å². The van der Waals surface area contributed by atoms with E-state index in [1.807, 2.05) is 48.7 Å². The van der Waals surface area contributed by atoms with Gasteiger partial charge in [-0.25, -0.2) is 9.79 Å². The molecule has 5 aromatic rings. The number of ether oxygens (including phenoxy) is 2. The number of nitro benzene ring substituents is 1. The number of methoxy groups -OCH3 is 1. The quantitative estimate of drug-likeness (QED) is 0.143. The molecule has 3 aromatic carbocycles. The van der Waals surface area contributed by atoms with Crippen LogP contribution < -0.4 is 19.6 Å². The lowest BCUT2D eigenvalue weighted by molar-refractivity contribution is -0.384. The van der Waals surface area contributed by atoms with Crippen molar-refractivity contribution in [3.05, 3.63) is 137 Å². The molecule has 222 valence electrons. The molecule has 1 aliphatic rings. The highest BCUT2D eigenvalue weighted by atomic mass is 32.1. The molecule has 0 saturated heterocycles. The number of non-ortho nitro benzene ring substituents is 1. The molecule has 0 aliphatic carbocycles. The SMILES string of the molecule is CCOC(=O)C1=C(C)N=c2s/c(=C/c3cn(Cc4ccc([N+](=O)[O-])cc4)c4ccccc34)c(=O)n2[C@H]1c1ccc(OC)cc1. The lowest BCUT2D eigenvalue weighted by Crippen LogP contribution is -2.39. The van der Waals surface area contributed by atoms with Crippen molar-refractivity contribution >= 4 is 40.0 Å². The number of hydrogen-bond donors (Lipinski definition) is 0. The van der Waals surface area contributed by atoms with E-state index >= 15 is 0 Å². The summed E-state index contributed by atoms with van der Waals surface area (Å²) in [6.45, 7) is 4.18. The van der Waals surface area contributed by atoms with Crippen LogP contribution in [0.25, 0.3) is 17.0 Å². The lowest BCUT2D eigenvalue weighted by atomic mass is 9.96. The number of para-hydroxylation sites is 1. The van der Waals surface area contributed by atoms with Crippen LogP contribution in [0.3, 0.4) is 0 Å². The Kier molecular flexibility index (Phi) is 7.71. The summed E-state index contributed by atoms with van der Waals surface area (Å²) >= 11 is 1.26. The topological polar surface area (TPSA) is 118 Å². The van der Waals surface area contributed by atoms with E-state index in [0.717, 1.165) is 27.6 Å². The number of benzene rings is 3. The summed E-state index contributed by atoms with van der Waals surface area (Å²) in [4.78, 5) is 43.1. The normalized spacial score (nSPS) is 14.8. The van der Waals surface area contributed by atoms with Gasteiger partial charge in [0.1, 0.15) is 5.75 Å². The molecule has 3 heterocycles. The molecule has 6 rings (SSSR count). The average Bonchev–Trinajstić information content (AvgIpc) is 3.52. The summed E-state index contributed by atoms with van der Waals surface area (Å²) in [5.41, 5.74) is 4.02. The molecule has 0 N–H and O–H groups in total. The van der Waals surface area contributed by atoms with Gasteiger partial charge in [-0.15, -0.1) is 0 Å². The zero-order chi connectivity index (χ0) is 31.0. The van der Waals surface area contributed by atoms with E-state index in [4.69, 9.17) is 9.47 Å². The van der Waals surface area contributed by atoms with E-state index in [1.54, 1.807) is 49.8 Å². The van der Waals surface area contributed by atoms with Crippen LogP contribution in [0, 0.1) is 10.1 Å². The minimum Gasteiger partial charge on any atom is -0.497 e. The average molecular weight is 609 g/mol. The fourth-order valence-corrected chi connectivity index (χ4v) is 6.51. The van der Waals surface area contributed by atoms with Gasteiger partial charge in [-0.05, 0) is 49.2 Å². The number of nitrogens with zero attached hydrogens (tertiary/aromatic N) is 4. The third kappa shape index (κ3) is 5.22. The molecule has 0 bridgehead atoms. The maximum Gasteiger partial charge on any atom is 0.338 e. The molecule has 2 aromatic heterocycles. The number of carbonyl (C=O) groups is 1. The number of hydrogen-bond acceptors (Lipinski definition) is 8. The second kappa shape index (κ2) is 11.8.